The minimum Gasteiger partial charge on any atom is -0.342 e. The number of anilines is 1. The van der Waals surface area contributed by atoms with Crippen molar-refractivity contribution in [1.82, 2.24) is 5.01 Å². The standard InChI is InChI=1S/C19H27N3/c1-16-14-18(15-20-21-12-8-3-4-9-13-21)17(2)22(16)19-10-6-5-7-11-19/h5-7,10-11,14-15,17-18H,3-4,8-9,12-13H2,1-2H3/b20-15+. The van der Waals surface area contributed by atoms with Crippen molar-refractivity contribution in [2.75, 3.05) is 18.0 Å². The van der Waals surface area contributed by atoms with Gasteiger partial charge in [-0.2, -0.15) is 5.10 Å². The van der Waals surface area contributed by atoms with Crippen LogP contribution >= 0.6 is 0 Å². The SMILES string of the molecule is CC1=CC(/C=N/N2CCCCCC2)C(C)N1c1ccccc1. The van der Waals surface area contributed by atoms with Crippen LogP contribution in [0, 0.1) is 5.92 Å². The predicted octanol–water partition coefficient (Wildman–Crippen LogP) is 4.28. The van der Waals surface area contributed by atoms with Crippen molar-refractivity contribution in [1.29, 1.82) is 0 Å². The van der Waals surface area contributed by atoms with Crippen LogP contribution in [0.5, 0.6) is 0 Å². The molecule has 0 spiro atoms. The van der Waals surface area contributed by atoms with Gasteiger partial charge in [-0.05, 0) is 38.8 Å². The van der Waals surface area contributed by atoms with Gasteiger partial charge in [0.2, 0.25) is 0 Å². The van der Waals surface area contributed by atoms with Gasteiger partial charge in [0.15, 0.2) is 0 Å². The number of hydrazone groups is 1. The third-order valence-electron chi connectivity index (χ3n) is 4.80. The molecule has 3 rings (SSSR count). The van der Waals surface area contributed by atoms with Crippen molar-refractivity contribution in [3.63, 3.8) is 0 Å². The van der Waals surface area contributed by atoms with E-state index in [2.05, 4.69) is 66.4 Å². The molecule has 0 saturated carbocycles. The maximum Gasteiger partial charge on any atom is 0.0424 e. The van der Waals surface area contributed by atoms with Gasteiger partial charge in [-0.25, -0.2) is 0 Å². The highest BCUT2D eigenvalue weighted by molar-refractivity contribution is 5.70. The fraction of sp³-hybridized carbons (Fsp3) is 0.526. The lowest BCUT2D eigenvalue weighted by molar-refractivity contribution is 0.300. The number of hydrogen-bond donors (Lipinski definition) is 0. The van der Waals surface area contributed by atoms with Crippen LogP contribution in [0.1, 0.15) is 39.5 Å². The number of rotatable bonds is 3. The molecule has 118 valence electrons. The summed E-state index contributed by atoms with van der Waals surface area (Å²) < 4.78 is 0. The van der Waals surface area contributed by atoms with Crippen molar-refractivity contribution < 1.29 is 0 Å². The van der Waals surface area contributed by atoms with Gasteiger partial charge in [-0.3, -0.25) is 5.01 Å². The Morgan fingerprint density at radius 1 is 1.05 bits per heavy atom. The first-order chi connectivity index (χ1) is 10.8. The number of allylic oxidation sites excluding steroid dienone is 1. The normalized spacial score (nSPS) is 26.4. The highest BCUT2D eigenvalue weighted by Gasteiger charge is 2.29. The first-order valence-electron chi connectivity index (χ1n) is 8.57. The summed E-state index contributed by atoms with van der Waals surface area (Å²) in [5.41, 5.74) is 2.60. The van der Waals surface area contributed by atoms with Gasteiger partial charge in [0.05, 0.1) is 0 Å². The molecule has 1 fully saturated rings. The van der Waals surface area contributed by atoms with Crippen LogP contribution in [-0.2, 0) is 0 Å². The van der Waals surface area contributed by atoms with Crippen LogP contribution in [0.25, 0.3) is 0 Å². The van der Waals surface area contributed by atoms with Gasteiger partial charge in [0, 0.05) is 42.6 Å². The average Bonchev–Trinajstić information content (AvgIpc) is 2.72. The first-order valence-corrected chi connectivity index (χ1v) is 8.57. The number of benzene rings is 1. The van der Waals surface area contributed by atoms with E-state index >= 15 is 0 Å². The van der Waals surface area contributed by atoms with E-state index in [0.29, 0.717) is 12.0 Å². The minimum absolute atomic E-state index is 0.392. The minimum atomic E-state index is 0.392. The predicted molar refractivity (Wildman–Crippen MR) is 94.2 cm³/mol. The Hall–Kier alpha value is -1.77. The molecule has 3 heteroatoms. The molecule has 0 aliphatic carbocycles. The van der Waals surface area contributed by atoms with E-state index in [1.807, 2.05) is 0 Å². The van der Waals surface area contributed by atoms with Crippen LogP contribution < -0.4 is 4.90 Å². The van der Waals surface area contributed by atoms with Crippen molar-refractivity contribution in [3.05, 3.63) is 42.1 Å². The summed E-state index contributed by atoms with van der Waals surface area (Å²) in [5.74, 6) is 0.392. The Labute approximate surface area is 134 Å². The van der Waals surface area contributed by atoms with E-state index in [1.165, 1.54) is 37.1 Å². The summed E-state index contributed by atoms with van der Waals surface area (Å²) in [7, 11) is 0. The summed E-state index contributed by atoms with van der Waals surface area (Å²) in [4.78, 5) is 2.42. The third-order valence-corrected chi connectivity index (χ3v) is 4.80. The molecule has 22 heavy (non-hydrogen) atoms. The second-order valence-corrected chi connectivity index (χ2v) is 6.46. The number of nitrogens with zero attached hydrogens (tertiary/aromatic N) is 3. The lowest BCUT2D eigenvalue weighted by atomic mass is 10.1. The Morgan fingerprint density at radius 3 is 2.41 bits per heavy atom. The zero-order valence-corrected chi connectivity index (χ0v) is 13.8. The molecule has 1 saturated heterocycles. The van der Waals surface area contributed by atoms with Crippen molar-refractivity contribution in [3.8, 4) is 0 Å². The van der Waals surface area contributed by atoms with E-state index in [9.17, 15) is 0 Å². The van der Waals surface area contributed by atoms with Gasteiger partial charge in [-0.15, -0.1) is 0 Å². The van der Waals surface area contributed by atoms with Gasteiger partial charge < -0.3 is 4.90 Å². The highest BCUT2D eigenvalue weighted by Crippen LogP contribution is 2.31. The van der Waals surface area contributed by atoms with Crippen LogP contribution in [0.15, 0.2) is 47.2 Å². The Kier molecular flexibility index (Phi) is 4.81. The Morgan fingerprint density at radius 2 is 1.73 bits per heavy atom. The molecule has 0 bridgehead atoms. The highest BCUT2D eigenvalue weighted by atomic mass is 15.4. The molecule has 2 aliphatic heterocycles. The molecular formula is C19H27N3. The molecule has 0 amide bonds. The lowest BCUT2D eigenvalue weighted by Crippen LogP contribution is -2.31. The summed E-state index contributed by atoms with van der Waals surface area (Å²) in [6, 6.07) is 11.1. The van der Waals surface area contributed by atoms with Gasteiger partial charge in [-0.1, -0.05) is 37.1 Å². The Bertz CT molecular complexity index is 527. The zero-order valence-electron chi connectivity index (χ0n) is 13.8. The third kappa shape index (κ3) is 3.34. The Balaban J connectivity index is 1.68. The quantitative estimate of drug-likeness (QED) is 0.776. The molecule has 2 atom stereocenters. The maximum absolute atomic E-state index is 4.78. The molecular weight excluding hydrogens is 270 g/mol. The number of para-hydroxylation sites is 1. The fourth-order valence-electron chi connectivity index (χ4n) is 3.53. The monoisotopic (exact) mass is 297 g/mol. The molecule has 1 aromatic carbocycles. The van der Waals surface area contributed by atoms with Gasteiger partial charge in [0.25, 0.3) is 0 Å². The first kappa shape index (κ1) is 15.1. The smallest absolute Gasteiger partial charge is 0.0424 e. The summed E-state index contributed by atoms with van der Waals surface area (Å²) in [6.07, 6.45) is 9.77. The van der Waals surface area contributed by atoms with E-state index in [1.54, 1.807) is 0 Å². The molecule has 2 heterocycles. The molecule has 2 aliphatic rings. The zero-order chi connectivity index (χ0) is 15.4. The fourth-order valence-corrected chi connectivity index (χ4v) is 3.53. The summed E-state index contributed by atoms with van der Waals surface area (Å²) in [5, 5.41) is 7.03. The average molecular weight is 297 g/mol. The summed E-state index contributed by atoms with van der Waals surface area (Å²) in [6.45, 7) is 6.72. The maximum atomic E-state index is 4.78. The van der Waals surface area contributed by atoms with Crippen LogP contribution in [-0.4, -0.2) is 30.4 Å². The number of hydrogen-bond acceptors (Lipinski definition) is 3. The van der Waals surface area contributed by atoms with E-state index in [0.717, 1.165) is 13.1 Å². The van der Waals surface area contributed by atoms with Gasteiger partial charge in [0.1, 0.15) is 0 Å². The second-order valence-electron chi connectivity index (χ2n) is 6.46. The molecule has 0 N–H and O–H groups in total. The summed E-state index contributed by atoms with van der Waals surface area (Å²) >= 11 is 0. The van der Waals surface area contributed by atoms with Crippen LogP contribution in [0.4, 0.5) is 5.69 Å². The second kappa shape index (κ2) is 6.99. The van der Waals surface area contributed by atoms with Crippen LogP contribution in [0.3, 0.4) is 0 Å². The van der Waals surface area contributed by atoms with E-state index in [-0.39, 0.29) is 0 Å². The van der Waals surface area contributed by atoms with E-state index < -0.39 is 0 Å². The van der Waals surface area contributed by atoms with Crippen molar-refractivity contribution >= 4 is 11.9 Å². The molecule has 2 unspecified atom stereocenters. The van der Waals surface area contributed by atoms with Gasteiger partial charge >= 0.3 is 0 Å². The molecule has 3 nitrogen and oxygen atoms in total. The van der Waals surface area contributed by atoms with E-state index in [4.69, 9.17) is 5.10 Å². The molecule has 0 aromatic heterocycles. The van der Waals surface area contributed by atoms with Crippen molar-refractivity contribution in [2.24, 2.45) is 11.0 Å². The lowest BCUT2D eigenvalue weighted by Gasteiger charge is -2.28. The van der Waals surface area contributed by atoms with Crippen LogP contribution in [0.2, 0.25) is 0 Å². The topological polar surface area (TPSA) is 18.8 Å². The largest absolute Gasteiger partial charge is 0.342 e. The molecule has 1 aromatic rings. The molecule has 0 radical (unpaired) electrons. The van der Waals surface area contributed by atoms with Crippen molar-refractivity contribution in [2.45, 2.75) is 45.6 Å².